The first-order valence-corrected chi connectivity index (χ1v) is 8.96. The minimum atomic E-state index is -0.614. The van der Waals surface area contributed by atoms with Gasteiger partial charge in [-0.3, -0.25) is 0 Å². The summed E-state index contributed by atoms with van der Waals surface area (Å²) in [4.78, 5) is 0. The van der Waals surface area contributed by atoms with Gasteiger partial charge in [-0.05, 0) is 63.0 Å². The molecule has 140 valence electrons. The third kappa shape index (κ3) is 3.07. The quantitative estimate of drug-likeness (QED) is 0.667. The van der Waals surface area contributed by atoms with E-state index in [0.29, 0.717) is 28.0 Å². The van der Waals surface area contributed by atoms with Crippen LogP contribution in [0.5, 0.6) is 5.75 Å². The molecule has 2 aromatic carbocycles. The first-order chi connectivity index (χ1) is 12.7. The molecule has 0 aliphatic carbocycles. The van der Waals surface area contributed by atoms with E-state index in [4.69, 9.17) is 14.0 Å². The van der Waals surface area contributed by atoms with Gasteiger partial charge in [0.25, 0.3) is 0 Å². The number of hydrogen-bond donors (Lipinski definition) is 0. The Morgan fingerprint density at radius 1 is 0.963 bits per heavy atom. The normalized spacial score (nSPS) is 21.4. The van der Waals surface area contributed by atoms with E-state index in [-0.39, 0.29) is 12.4 Å². The van der Waals surface area contributed by atoms with Crippen LogP contribution in [0.4, 0.5) is 8.78 Å². The summed E-state index contributed by atoms with van der Waals surface area (Å²) in [6.07, 6.45) is 0. The molecular weight excluding hydrogens is 349 g/mol. The fraction of sp³-hybridized carbons (Fsp3) is 0.333. The van der Waals surface area contributed by atoms with Gasteiger partial charge in [0, 0.05) is 17.2 Å². The van der Waals surface area contributed by atoms with Crippen LogP contribution in [0.3, 0.4) is 0 Å². The summed E-state index contributed by atoms with van der Waals surface area (Å²) in [7, 11) is -0.614. The second kappa shape index (κ2) is 6.18. The summed E-state index contributed by atoms with van der Waals surface area (Å²) < 4.78 is 46.1. The first-order valence-electron chi connectivity index (χ1n) is 8.96. The van der Waals surface area contributed by atoms with E-state index in [1.165, 1.54) is 18.2 Å². The zero-order valence-electron chi connectivity index (χ0n) is 15.8. The molecule has 0 N–H and O–H groups in total. The van der Waals surface area contributed by atoms with Crippen LogP contribution >= 0.6 is 0 Å². The molecule has 0 spiro atoms. The molecule has 0 unspecified atom stereocenters. The highest BCUT2D eigenvalue weighted by molar-refractivity contribution is 6.53. The van der Waals surface area contributed by atoms with Crippen molar-refractivity contribution in [2.75, 3.05) is 0 Å². The van der Waals surface area contributed by atoms with Crippen LogP contribution in [0, 0.1) is 11.6 Å². The number of benzene rings is 2. The van der Waals surface area contributed by atoms with Gasteiger partial charge < -0.3 is 14.0 Å². The topological polar surface area (TPSA) is 27.7 Å². The van der Waals surface area contributed by atoms with Gasteiger partial charge in [0.05, 0.1) is 11.2 Å². The van der Waals surface area contributed by atoms with E-state index in [1.807, 2.05) is 39.7 Å². The number of rotatable bonds is 1. The van der Waals surface area contributed by atoms with E-state index in [9.17, 15) is 8.78 Å². The van der Waals surface area contributed by atoms with Gasteiger partial charge in [-0.25, -0.2) is 8.78 Å². The Morgan fingerprint density at radius 3 is 2.37 bits per heavy atom. The third-order valence-electron chi connectivity index (χ3n) is 5.59. The Hall–Kier alpha value is -2.18. The molecule has 3 nitrogen and oxygen atoms in total. The van der Waals surface area contributed by atoms with Crippen molar-refractivity contribution < 1.29 is 22.8 Å². The minimum absolute atomic E-state index is 0.0270. The molecule has 2 aliphatic rings. The van der Waals surface area contributed by atoms with Crippen LogP contribution in [-0.4, -0.2) is 18.3 Å². The van der Waals surface area contributed by atoms with Gasteiger partial charge in [0.1, 0.15) is 24.0 Å². The lowest BCUT2D eigenvalue weighted by atomic mass is 9.81. The minimum Gasteiger partial charge on any atom is -0.488 e. The van der Waals surface area contributed by atoms with Gasteiger partial charge >= 0.3 is 7.12 Å². The van der Waals surface area contributed by atoms with Gasteiger partial charge in [-0.1, -0.05) is 12.1 Å². The van der Waals surface area contributed by atoms with Gasteiger partial charge in [-0.2, -0.15) is 0 Å². The second-order valence-electron chi connectivity index (χ2n) is 7.90. The SMILES string of the molecule is CC1(C)OB(/C=C2/c3ccc(F)cc3OCc3c(F)cccc32)OC1(C)C. The van der Waals surface area contributed by atoms with Crippen molar-refractivity contribution >= 4 is 12.7 Å². The first kappa shape index (κ1) is 18.2. The molecule has 0 aromatic heterocycles. The average molecular weight is 370 g/mol. The molecule has 1 saturated heterocycles. The van der Waals surface area contributed by atoms with E-state index < -0.39 is 24.1 Å². The largest absolute Gasteiger partial charge is 0.488 e. The van der Waals surface area contributed by atoms with E-state index in [1.54, 1.807) is 12.1 Å². The van der Waals surface area contributed by atoms with Crippen molar-refractivity contribution in [3.05, 3.63) is 70.7 Å². The molecule has 2 aromatic rings. The molecule has 6 heteroatoms. The Morgan fingerprint density at radius 2 is 1.67 bits per heavy atom. The van der Waals surface area contributed by atoms with Crippen LogP contribution < -0.4 is 4.74 Å². The highest BCUT2D eigenvalue weighted by Gasteiger charge is 2.50. The fourth-order valence-corrected chi connectivity index (χ4v) is 3.36. The lowest BCUT2D eigenvalue weighted by Crippen LogP contribution is -2.41. The number of fused-ring (bicyclic) bond motifs is 2. The van der Waals surface area contributed by atoms with Crippen molar-refractivity contribution in [2.45, 2.75) is 45.5 Å². The van der Waals surface area contributed by atoms with Crippen LogP contribution in [0.25, 0.3) is 5.57 Å². The molecule has 0 atom stereocenters. The molecule has 27 heavy (non-hydrogen) atoms. The van der Waals surface area contributed by atoms with Crippen molar-refractivity contribution in [1.82, 2.24) is 0 Å². The molecule has 2 heterocycles. The monoisotopic (exact) mass is 370 g/mol. The number of halogens is 2. The van der Waals surface area contributed by atoms with Gasteiger partial charge in [0.15, 0.2) is 0 Å². The molecule has 0 radical (unpaired) electrons. The molecular formula is C21H21BF2O3. The second-order valence-corrected chi connectivity index (χ2v) is 7.90. The van der Waals surface area contributed by atoms with Gasteiger partial charge in [-0.15, -0.1) is 0 Å². The average Bonchev–Trinajstić information content (AvgIpc) is 2.70. The molecule has 0 bridgehead atoms. The van der Waals surface area contributed by atoms with Crippen molar-refractivity contribution in [2.24, 2.45) is 0 Å². The van der Waals surface area contributed by atoms with Crippen LogP contribution in [0.2, 0.25) is 0 Å². The molecule has 0 saturated carbocycles. The predicted molar refractivity (Wildman–Crippen MR) is 100 cm³/mol. The molecule has 0 amide bonds. The van der Waals surface area contributed by atoms with Crippen LogP contribution in [0.1, 0.15) is 44.4 Å². The third-order valence-corrected chi connectivity index (χ3v) is 5.59. The maximum atomic E-state index is 14.4. The van der Waals surface area contributed by atoms with Crippen molar-refractivity contribution in [3.8, 4) is 5.75 Å². The Kier molecular flexibility index (Phi) is 4.16. The number of hydrogen-bond acceptors (Lipinski definition) is 3. The Labute approximate surface area is 158 Å². The number of ether oxygens (including phenoxy) is 1. The molecule has 2 aliphatic heterocycles. The molecule has 4 rings (SSSR count). The smallest absolute Gasteiger partial charge is 0.487 e. The van der Waals surface area contributed by atoms with Crippen LogP contribution in [-0.2, 0) is 15.9 Å². The summed E-state index contributed by atoms with van der Waals surface area (Å²) in [5.74, 6) is 1.42. The zero-order chi connectivity index (χ0) is 19.4. The highest BCUT2D eigenvalue weighted by Crippen LogP contribution is 2.41. The Balaban J connectivity index is 1.88. The predicted octanol–water partition coefficient (Wildman–Crippen LogP) is 4.92. The van der Waals surface area contributed by atoms with Gasteiger partial charge in [0.2, 0.25) is 0 Å². The standard InChI is InChI=1S/C21H21BF2O3/c1-20(2)21(3,4)27-22(26-20)11-16-14-6-5-7-18(24)17(14)12-25-19-10-13(23)8-9-15(16)19/h5-11H,12H2,1-4H3/b16-11+. The molecule has 1 fully saturated rings. The highest BCUT2D eigenvalue weighted by atomic mass is 19.1. The van der Waals surface area contributed by atoms with E-state index >= 15 is 0 Å². The summed E-state index contributed by atoms with van der Waals surface area (Å²) >= 11 is 0. The van der Waals surface area contributed by atoms with Crippen LogP contribution in [0.15, 0.2) is 42.4 Å². The Bertz CT molecular complexity index is 921. The van der Waals surface area contributed by atoms with E-state index in [2.05, 4.69) is 0 Å². The fourth-order valence-electron chi connectivity index (χ4n) is 3.36. The van der Waals surface area contributed by atoms with Crippen molar-refractivity contribution in [1.29, 1.82) is 0 Å². The van der Waals surface area contributed by atoms with Crippen molar-refractivity contribution in [3.63, 3.8) is 0 Å². The lowest BCUT2D eigenvalue weighted by molar-refractivity contribution is 0.00578. The summed E-state index contributed by atoms with van der Waals surface area (Å²) in [6.45, 7) is 7.91. The maximum absolute atomic E-state index is 14.4. The maximum Gasteiger partial charge on any atom is 0.487 e. The summed E-state index contributed by atoms with van der Waals surface area (Å²) in [5, 5.41) is 0. The summed E-state index contributed by atoms with van der Waals surface area (Å²) in [5.41, 5.74) is 1.51. The zero-order valence-corrected chi connectivity index (χ0v) is 15.8. The summed E-state index contributed by atoms with van der Waals surface area (Å²) in [6, 6.07) is 9.20. The lowest BCUT2D eigenvalue weighted by Gasteiger charge is -2.32. The van der Waals surface area contributed by atoms with E-state index in [0.717, 1.165) is 0 Å².